The third-order valence-corrected chi connectivity index (χ3v) is 4.67. The van der Waals surface area contributed by atoms with E-state index in [0.29, 0.717) is 0 Å². The topological polar surface area (TPSA) is 41.1 Å². The van der Waals surface area contributed by atoms with Crippen LogP contribution >= 0.6 is 0 Å². The Morgan fingerprint density at radius 3 is 2.38 bits per heavy atom. The van der Waals surface area contributed by atoms with Gasteiger partial charge in [0.1, 0.15) is 0 Å². The van der Waals surface area contributed by atoms with Gasteiger partial charge in [-0.15, -0.1) is 0 Å². The first-order chi connectivity index (χ1) is 11.8. The molecule has 0 spiro atoms. The molecule has 2 aromatic carbocycles. The Kier molecular flexibility index (Phi) is 3.91. The van der Waals surface area contributed by atoms with Crippen LogP contribution in [-0.4, -0.2) is 6.03 Å². The van der Waals surface area contributed by atoms with Gasteiger partial charge in [0.05, 0.1) is 6.04 Å². The molecule has 1 aliphatic carbocycles. The molecule has 2 amide bonds. The van der Waals surface area contributed by atoms with Gasteiger partial charge in [-0.1, -0.05) is 60.7 Å². The predicted molar refractivity (Wildman–Crippen MR) is 96.1 cm³/mol. The molecule has 0 saturated carbocycles. The minimum absolute atomic E-state index is 0.0329. The van der Waals surface area contributed by atoms with E-state index >= 15 is 0 Å². The summed E-state index contributed by atoms with van der Waals surface area (Å²) in [6.45, 7) is 0. The molecule has 2 N–H and O–H groups in total. The summed E-state index contributed by atoms with van der Waals surface area (Å²) in [5.41, 5.74) is 5.83. The van der Waals surface area contributed by atoms with E-state index in [2.05, 4.69) is 41.0 Å². The third kappa shape index (κ3) is 2.85. The highest BCUT2D eigenvalue weighted by molar-refractivity contribution is 5.81. The Balaban J connectivity index is 1.77. The van der Waals surface area contributed by atoms with Crippen molar-refractivity contribution in [2.45, 2.75) is 25.3 Å². The number of rotatable bonds is 2. The fourth-order valence-electron chi connectivity index (χ4n) is 3.57. The predicted octanol–water partition coefficient (Wildman–Crippen LogP) is 4.56. The monoisotopic (exact) mass is 316 g/mol. The van der Waals surface area contributed by atoms with Crippen molar-refractivity contribution in [2.24, 2.45) is 0 Å². The van der Waals surface area contributed by atoms with Gasteiger partial charge in [0.15, 0.2) is 0 Å². The third-order valence-electron chi connectivity index (χ3n) is 4.67. The zero-order valence-electron chi connectivity index (χ0n) is 13.5. The summed E-state index contributed by atoms with van der Waals surface area (Å²) in [4.78, 5) is 12.2. The average Bonchev–Trinajstić information content (AvgIpc) is 2.63. The second-order valence-corrected chi connectivity index (χ2v) is 6.28. The molecule has 24 heavy (non-hydrogen) atoms. The van der Waals surface area contributed by atoms with Crippen LogP contribution < -0.4 is 10.6 Å². The molecule has 1 heterocycles. The van der Waals surface area contributed by atoms with Crippen LogP contribution in [0, 0.1) is 0 Å². The first kappa shape index (κ1) is 14.8. The lowest BCUT2D eigenvalue weighted by Gasteiger charge is -2.34. The quantitative estimate of drug-likeness (QED) is 0.837. The molecule has 3 heteroatoms. The van der Waals surface area contributed by atoms with Crippen LogP contribution in [0.1, 0.15) is 36.4 Å². The Bertz CT molecular complexity index is 806. The van der Waals surface area contributed by atoms with E-state index in [4.69, 9.17) is 0 Å². The number of nitrogens with one attached hydrogen (secondary N) is 2. The Morgan fingerprint density at radius 1 is 0.917 bits per heavy atom. The van der Waals surface area contributed by atoms with Crippen molar-refractivity contribution in [1.29, 1.82) is 0 Å². The largest absolute Gasteiger partial charge is 0.327 e. The first-order valence-corrected chi connectivity index (χ1v) is 8.43. The van der Waals surface area contributed by atoms with Gasteiger partial charge in [-0.05, 0) is 47.6 Å². The van der Waals surface area contributed by atoms with E-state index in [1.54, 1.807) is 0 Å². The summed E-state index contributed by atoms with van der Waals surface area (Å²) in [7, 11) is 0. The van der Waals surface area contributed by atoms with E-state index in [1.807, 2.05) is 36.4 Å². The molecule has 2 aromatic rings. The van der Waals surface area contributed by atoms with E-state index in [9.17, 15) is 4.79 Å². The van der Waals surface area contributed by atoms with Gasteiger partial charge < -0.3 is 10.6 Å². The number of carbonyl (C=O) groups is 1. The SMILES string of the molecule is O=C1NC2=C(CCCC2=Cc2ccccc2)[C@H](c2ccccc2)N1. The minimum atomic E-state index is -0.122. The van der Waals surface area contributed by atoms with Gasteiger partial charge >= 0.3 is 6.03 Å². The zero-order valence-corrected chi connectivity index (χ0v) is 13.5. The molecule has 1 atom stereocenters. The van der Waals surface area contributed by atoms with E-state index in [0.717, 1.165) is 30.5 Å². The normalized spacial score (nSPS) is 21.9. The van der Waals surface area contributed by atoms with E-state index in [-0.39, 0.29) is 12.1 Å². The lowest BCUT2D eigenvalue weighted by molar-refractivity contribution is 0.238. The van der Waals surface area contributed by atoms with Crippen LogP contribution in [0.3, 0.4) is 0 Å². The smallest absolute Gasteiger partial charge is 0.319 e. The maximum Gasteiger partial charge on any atom is 0.319 e. The number of benzene rings is 2. The van der Waals surface area contributed by atoms with E-state index < -0.39 is 0 Å². The van der Waals surface area contributed by atoms with Crippen molar-refractivity contribution < 1.29 is 4.79 Å². The number of hydrogen-bond donors (Lipinski definition) is 2. The van der Waals surface area contributed by atoms with Crippen LogP contribution in [0.25, 0.3) is 6.08 Å². The van der Waals surface area contributed by atoms with Crippen molar-refractivity contribution in [3.05, 3.63) is 88.6 Å². The number of hydrogen-bond acceptors (Lipinski definition) is 1. The van der Waals surface area contributed by atoms with Crippen molar-refractivity contribution in [3.63, 3.8) is 0 Å². The van der Waals surface area contributed by atoms with Crippen molar-refractivity contribution in [3.8, 4) is 0 Å². The lowest BCUT2D eigenvalue weighted by atomic mass is 9.83. The average molecular weight is 316 g/mol. The molecule has 0 radical (unpaired) electrons. The van der Waals surface area contributed by atoms with Gasteiger partial charge in [0.25, 0.3) is 0 Å². The van der Waals surface area contributed by atoms with Crippen molar-refractivity contribution in [1.82, 2.24) is 10.6 Å². The zero-order chi connectivity index (χ0) is 16.4. The highest BCUT2D eigenvalue weighted by atomic mass is 16.2. The highest BCUT2D eigenvalue weighted by Gasteiger charge is 2.31. The molecule has 0 unspecified atom stereocenters. The van der Waals surface area contributed by atoms with Gasteiger partial charge in [-0.2, -0.15) is 0 Å². The van der Waals surface area contributed by atoms with E-state index in [1.165, 1.54) is 16.7 Å². The van der Waals surface area contributed by atoms with Crippen molar-refractivity contribution >= 4 is 12.1 Å². The molecule has 3 nitrogen and oxygen atoms in total. The highest BCUT2D eigenvalue weighted by Crippen LogP contribution is 2.38. The molecule has 0 bridgehead atoms. The van der Waals surface area contributed by atoms with Crippen LogP contribution in [0.2, 0.25) is 0 Å². The number of amides is 2. The summed E-state index contributed by atoms with van der Waals surface area (Å²) < 4.78 is 0. The fourth-order valence-corrected chi connectivity index (χ4v) is 3.57. The molecule has 2 aliphatic rings. The molecule has 0 fully saturated rings. The van der Waals surface area contributed by atoms with Gasteiger partial charge in [-0.25, -0.2) is 4.79 Å². The number of urea groups is 1. The molecule has 0 saturated heterocycles. The molecule has 120 valence electrons. The van der Waals surface area contributed by atoms with Crippen molar-refractivity contribution in [2.75, 3.05) is 0 Å². The molecule has 4 rings (SSSR count). The Morgan fingerprint density at radius 2 is 1.62 bits per heavy atom. The molecular weight excluding hydrogens is 296 g/mol. The van der Waals surface area contributed by atoms with Gasteiger partial charge in [0.2, 0.25) is 0 Å². The Labute approximate surface area is 142 Å². The van der Waals surface area contributed by atoms with Gasteiger partial charge in [0, 0.05) is 5.70 Å². The summed E-state index contributed by atoms with van der Waals surface area (Å²) in [6, 6.07) is 20.3. The summed E-state index contributed by atoms with van der Waals surface area (Å²) in [5, 5.41) is 6.13. The maximum absolute atomic E-state index is 12.2. The molecular formula is C21H20N2O. The second-order valence-electron chi connectivity index (χ2n) is 6.28. The first-order valence-electron chi connectivity index (χ1n) is 8.43. The summed E-state index contributed by atoms with van der Waals surface area (Å²) >= 11 is 0. The summed E-state index contributed by atoms with van der Waals surface area (Å²) in [6.07, 6.45) is 5.31. The van der Waals surface area contributed by atoms with Crippen LogP contribution in [-0.2, 0) is 0 Å². The van der Waals surface area contributed by atoms with Crippen LogP contribution in [0.4, 0.5) is 4.79 Å². The number of carbonyl (C=O) groups excluding carboxylic acids is 1. The van der Waals surface area contributed by atoms with Crippen LogP contribution in [0.5, 0.6) is 0 Å². The Hall–Kier alpha value is -2.81. The van der Waals surface area contributed by atoms with Crippen LogP contribution in [0.15, 0.2) is 77.5 Å². The molecule has 1 aliphatic heterocycles. The molecule has 0 aromatic heterocycles. The minimum Gasteiger partial charge on any atom is -0.327 e. The standard InChI is InChI=1S/C21H20N2O/c24-21-22-19(16-10-5-2-6-11-16)18-13-7-12-17(20(18)23-21)14-15-8-3-1-4-9-15/h1-6,8-11,14,19H,7,12-13H2,(H2,22,23,24)/t19-/m0/s1. The maximum atomic E-state index is 12.2. The lowest BCUT2D eigenvalue weighted by Crippen LogP contribution is -2.45. The second kappa shape index (κ2) is 6.36. The summed E-state index contributed by atoms with van der Waals surface area (Å²) in [5.74, 6) is 0. The van der Waals surface area contributed by atoms with Gasteiger partial charge in [-0.3, -0.25) is 0 Å². The number of allylic oxidation sites excluding steroid dienone is 1. The fraction of sp³-hybridized carbons (Fsp3) is 0.190.